The molecule has 0 aliphatic heterocycles. The molecule has 1 rings (SSSR count). The molecule has 0 amide bonds. The van der Waals surface area contributed by atoms with Crippen molar-refractivity contribution < 1.29 is 33.0 Å². The molecule has 0 saturated carbocycles. The highest BCUT2D eigenvalue weighted by atomic mass is 79.9. The number of hydrogen-bond acceptors (Lipinski definition) is 2. The molecule has 0 aliphatic rings. The Kier molecular flexibility index (Phi) is 5.15. The van der Waals surface area contributed by atoms with E-state index in [0.717, 1.165) is 0 Å². The zero-order valence-electron chi connectivity index (χ0n) is 9.95. The van der Waals surface area contributed by atoms with Gasteiger partial charge in [0.1, 0.15) is 0 Å². The summed E-state index contributed by atoms with van der Waals surface area (Å²) in [5, 5.41) is 17.5. The van der Waals surface area contributed by atoms with Gasteiger partial charge in [-0.25, -0.2) is 0 Å². The number of carboxylic acids is 2. The molecule has 1 aromatic rings. The Bertz CT molecular complexity index is 514. The van der Waals surface area contributed by atoms with E-state index in [9.17, 15) is 22.8 Å². The van der Waals surface area contributed by atoms with Gasteiger partial charge in [-0.15, -0.1) is 0 Å². The van der Waals surface area contributed by atoms with Crippen molar-refractivity contribution in [2.45, 2.75) is 19.0 Å². The Morgan fingerprint density at radius 1 is 1.20 bits per heavy atom. The largest absolute Gasteiger partial charge is 0.481 e. The lowest BCUT2D eigenvalue weighted by atomic mass is 9.98. The van der Waals surface area contributed by atoms with E-state index in [4.69, 9.17) is 10.2 Å². The van der Waals surface area contributed by atoms with Crippen molar-refractivity contribution in [1.29, 1.82) is 0 Å². The molecule has 20 heavy (non-hydrogen) atoms. The summed E-state index contributed by atoms with van der Waals surface area (Å²) >= 11 is 3.03. The lowest BCUT2D eigenvalue weighted by Gasteiger charge is -2.11. The summed E-state index contributed by atoms with van der Waals surface area (Å²) in [5.74, 6) is -4.63. The lowest BCUT2D eigenvalue weighted by Crippen LogP contribution is -2.25. The Labute approximate surface area is 120 Å². The second kappa shape index (κ2) is 6.25. The number of carboxylic acid groups (broad SMARTS) is 2. The molecule has 0 bridgehead atoms. The smallest absolute Gasteiger partial charge is 0.393 e. The van der Waals surface area contributed by atoms with E-state index in [1.54, 1.807) is 0 Å². The quantitative estimate of drug-likeness (QED) is 0.797. The number of aliphatic carboxylic acids is 2. The van der Waals surface area contributed by atoms with Crippen LogP contribution in [0.1, 0.15) is 11.1 Å². The molecule has 0 atom stereocenters. The minimum absolute atomic E-state index is 0.00956. The van der Waals surface area contributed by atoms with E-state index in [0.29, 0.717) is 5.56 Å². The van der Waals surface area contributed by atoms with Crippen molar-refractivity contribution >= 4 is 27.9 Å². The van der Waals surface area contributed by atoms with Crippen molar-refractivity contribution in [1.82, 2.24) is 0 Å². The van der Waals surface area contributed by atoms with Gasteiger partial charge in [-0.2, -0.15) is 13.2 Å². The normalized spacial score (nSPS) is 11.7. The van der Waals surface area contributed by atoms with Crippen LogP contribution in [0.25, 0.3) is 0 Å². The highest BCUT2D eigenvalue weighted by Crippen LogP contribution is 2.26. The summed E-state index contributed by atoms with van der Waals surface area (Å²) in [4.78, 5) is 21.5. The van der Waals surface area contributed by atoms with Gasteiger partial charge in [0.05, 0.1) is 6.42 Å². The standard InChI is InChI=1S/C12H10BrF3O4/c13-9-3-6(5-12(14,15)16)1-2-7(9)4-8(10(17)18)11(19)20/h1-3,8H,4-5H2,(H,17,18)(H,19,20). The first-order chi connectivity index (χ1) is 9.10. The Morgan fingerprint density at radius 3 is 2.15 bits per heavy atom. The molecule has 110 valence electrons. The van der Waals surface area contributed by atoms with Crippen LogP contribution in [-0.4, -0.2) is 28.3 Å². The molecule has 0 spiro atoms. The van der Waals surface area contributed by atoms with Gasteiger partial charge in [0, 0.05) is 4.47 Å². The fourth-order valence-electron chi connectivity index (χ4n) is 1.60. The molecule has 2 N–H and O–H groups in total. The lowest BCUT2D eigenvalue weighted by molar-refractivity contribution is -0.154. The predicted octanol–water partition coefficient (Wildman–Crippen LogP) is 2.88. The third kappa shape index (κ3) is 4.84. The maximum absolute atomic E-state index is 12.2. The van der Waals surface area contributed by atoms with Crippen LogP contribution in [0.5, 0.6) is 0 Å². The minimum Gasteiger partial charge on any atom is -0.481 e. The van der Waals surface area contributed by atoms with Gasteiger partial charge in [0.25, 0.3) is 0 Å². The van der Waals surface area contributed by atoms with Crippen LogP contribution >= 0.6 is 15.9 Å². The SMILES string of the molecule is O=C(O)C(Cc1ccc(CC(F)(F)F)cc1Br)C(=O)O. The van der Waals surface area contributed by atoms with Crippen molar-refractivity contribution in [2.24, 2.45) is 5.92 Å². The first-order valence-corrected chi connectivity index (χ1v) is 6.19. The van der Waals surface area contributed by atoms with Crippen LogP contribution < -0.4 is 0 Å². The maximum Gasteiger partial charge on any atom is 0.393 e. The fraction of sp³-hybridized carbons (Fsp3) is 0.333. The summed E-state index contributed by atoms with van der Waals surface area (Å²) in [6.45, 7) is 0. The van der Waals surface area contributed by atoms with Gasteiger partial charge < -0.3 is 10.2 Å². The topological polar surface area (TPSA) is 74.6 Å². The molecule has 0 fully saturated rings. The molecule has 0 heterocycles. The Hall–Kier alpha value is -1.57. The average molecular weight is 355 g/mol. The van der Waals surface area contributed by atoms with E-state index in [2.05, 4.69) is 15.9 Å². The Balaban J connectivity index is 2.93. The number of hydrogen-bond donors (Lipinski definition) is 2. The molecule has 4 nitrogen and oxygen atoms in total. The van der Waals surface area contributed by atoms with Crippen molar-refractivity contribution in [3.63, 3.8) is 0 Å². The van der Waals surface area contributed by atoms with Gasteiger partial charge >= 0.3 is 18.1 Å². The number of alkyl halides is 3. The summed E-state index contributed by atoms with van der Waals surface area (Å²) < 4.78 is 36.9. The predicted molar refractivity (Wildman–Crippen MR) is 66.4 cm³/mol. The zero-order valence-corrected chi connectivity index (χ0v) is 11.5. The number of rotatable bonds is 5. The molecule has 0 aromatic heterocycles. The second-order valence-corrected chi connectivity index (χ2v) is 5.01. The van der Waals surface area contributed by atoms with Crippen LogP contribution in [0.4, 0.5) is 13.2 Å². The van der Waals surface area contributed by atoms with Crippen LogP contribution in [0, 0.1) is 5.92 Å². The van der Waals surface area contributed by atoms with Gasteiger partial charge in [-0.05, 0) is 23.6 Å². The average Bonchev–Trinajstić information content (AvgIpc) is 2.24. The molecule has 0 aliphatic carbocycles. The summed E-state index contributed by atoms with van der Waals surface area (Å²) in [7, 11) is 0. The van der Waals surface area contributed by atoms with Gasteiger partial charge in [0.15, 0.2) is 5.92 Å². The first kappa shape index (κ1) is 16.5. The second-order valence-electron chi connectivity index (χ2n) is 4.15. The van der Waals surface area contributed by atoms with Crippen LogP contribution in [-0.2, 0) is 22.4 Å². The van der Waals surface area contributed by atoms with Gasteiger partial charge in [-0.1, -0.05) is 28.1 Å². The molecule has 0 unspecified atom stereocenters. The number of carbonyl (C=O) groups is 2. The molecule has 8 heteroatoms. The summed E-state index contributed by atoms with van der Waals surface area (Å²) in [6, 6.07) is 3.71. The highest BCUT2D eigenvalue weighted by molar-refractivity contribution is 9.10. The monoisotopic (exact) mass is 354 g/mol. The summed E-state index contributed by atoms with van der Waals surface area (Å²) in [6.07, 6.45) is -5.75. The molecule has 1 aromatic carbocycles. The van der Waals surface area contributed by atoms with E-state index >= 15 is 0 Å². The van der Waals surface area contributed by atoms with Crippen LogP contribution in [0.15, 0.2) is 22.7 Å². The Morgan fingerprint density at radius 2 is 1.75 bits per heavy atom. The van der Waals surface area contributed by atoms with Crippen LogP contribution in [0.2, 0.25) is 0 Å². The third-order valence-corrected chi connectivity index (χ3v) is 3.28. The maximum atomic E-state index is 12.2. The molecule has 0 radical (unpaired) electrons. The first-order valence-electron chi connectivity index (χ1n) is 5.40. The molecule has 0 saturated heterocycles. The van der Waals surface area contributed by atoms with Gasteiger partial charge in [0.2, 0.25) is 0 Å². The van der Waals surface area contributed by atoms with Crippen LogP contribution in [0.3, 0.4) is 0 Å². The fourth-order valence-corrected chi connectivity index (χ4v) is 2.19. The molecular formula is C12H10BrF3O4. The van der Waals surface area contributed by atoms with E-state index in [1.165, 1.54) is 18.2 Å². The van der Waals surface area contributed by atoms with Gasteiger partial charge in [-0.3, -0.25) is 9.59 Å². The molecular weight excluding hydrogens is 345 g/mol. The third-order valence-electron chi connectivity index (χ3n) is 2.54. The van der Waals surface area contributed by atoms with Crippen molar-refractivity contribution in [2.75, 3.05) is 0 Å². The zero-order chi connectivity index (χ0) is 15.5. The number of halogens is 4. The van der Waals surface area contributed by atoms with E-state index in [1.807, 2.05) is 0 Å². The minimum atomic E-state index is -4.34. The van der Waals surface area contributed by atoms with Crippen molar-refractivity contribution in [3.05, 3.63) is 33.8 Å². The van der Waals surface area contributed by atoms with Crippen molar-refractivity contribution in [3.8, 4) is 0 Å². The van der Waals surface area contributed by atoms with E-state index in [-0.39, 0.29) is 16.5 Å². The number of benzene rings is 1. The van der Waals surface area contributed by atoms with E-state index < -0.39 is 30.5 Å². The highest BCUT2D eigenvalue weighted by Gasteiger charge is 2.29. The summed E-state index contributed by atoms with van der Waals surface area (Å²) in [5.41, 5.74) is 0.334.